The summed E-state index contributed by atoms with van der Waals surface area (Å²) in [6, 6.07) is 9.20. The van der Waals surface area contributed by atoms with Crippen molar-refractivity contribution in [2.45, 2.75) is 75.2 Å². The van der Waals surface area contributed by atoms with E-state index in [1.54, 1.807) is 13.2 Å². The lowest BCUT2D eigenvalue weighted by atomic mass is 9.78. The van der Waals surface area contributed by atoms with Crippen molar-refractivity contribution in [3.63, 3.8) is 0 Å². The van der Waals surface area contributed by atoms with Crippen LogP contribution in [0.3, 0.4) is 0 Å². The Labute approximate surface area is 219 Å². The fourth-order valence-corrected chi connectivity index (χ4v) is 8.50. The Hall–Kier alpha value is -1.85. The number of nitrogens with zero attached hydrogens (tertiary/aromatic N) is 4. The van der Waals surface area contributed by atoms with E-state index in [-0.39, 0.29) is 23.6 Å². The molecular formula is C28H37ClN4O3. The van der Waals surface area contributed by atoms with Crippen LogP contribution in [-0.4, -0.2) is 86.4 Å². The van der Waals surface area contributed by atoms with Crippen molar-refractivity contribution < 1.29 is 14.3 Å². The number of nitriles is 1. The zero-order valence-electron chi connectivity index (χ0n) is 21.4. The minimum atomic E-state index is -0.212. The molecule has 3 heterocycles. The molecular weight excluding hydrogens is 476 g/mol. The van der Waals surface area contributed by atoms with E-state index in [9.17, 15) is 10.1 Å². The summed E-state index contributed by atoms with van der Waals surface area (Å²) >= 11 is 6.32. The van der Waals surface area contributed by atoms with Crippen LogP contribution >= 0.6 is 11.6 Å². The number of hydrogen-bond donors (Lipinski definition) is 0. The van der Waals surface area contributed by atoms with Crippen LogP contribution in [-0.2, 0) is 14.3 Å². The number of carbonyl (C=O) groups is 1. The van der Waals surface area contributed by atoms with Gasteiger partial charge < -0.3 is 19.3 Å². The van der Waals surface area contributed by atoms with Crippen molar-refractivity contribution in [2.75, 3.05) is 45.4 Å². The highest BCUT2D eigenvalue weighted by Crippen LogP contribution is 2.57. The molecule has 1 aromatic carbocycles. The standard InChI is InChI=1S/C28H37ClN4O3/c1-31(25-8-10-36-17-26(25)35-2)19-11-18-5-4-9-28(18,13-19)27(34)33-16-20-12-21(33)15-32(20)24-7-3-6-23(29)22(24)14-30/h3,6-7,18-21,25-26H,4-5,8-13,15-17H2,1-2H3/t18-,19-,20-,21+,25+,26-,28-/m1/s1. The minimum absolute atomic E-state index is 0.0981. The average molecular weight is 513 g/mol. The van der Waals surface area contributed by atoms with Crippen molar-refractivity contribution in [3.05, 3.63) is 28.8 Å². The maximum Gasteiger partial charge on any atom is 0.229 e. The van der Waals surface area contributed by atoms with Crippen molar-refractivity contribution in [2.24, 2.45) is 11.3 Å². The summed E-state index contributed by atoms with van der Waals surface area (Å²) in [6.07, 6.45) is 7.48. The molecule has 2 saturated carbocycles. The quantitative estimate of drug-likeness (QED) is 0.599. The van der Waals surface area contributed by atoms with E-state index in [0.717, 1.165) is 63.9 Å². The number of likely N-dealkylation sites (tertiary alicyclic amines) is 1. The lowest BCUT2D eigenvalue weighted by molar-refractivity contribution is -0.145. The smallest absolute Gasteiger partial charge is 0.229 e. The molecule has 194 valence electrons. The van der Waals surface area contributed by atoms with Gasteiger partial charge in [-0.25, -0.2) is 0 Å². The molecule has 36 heavy (non-hydrogen) atoms. The first-order valence-corrected chi connectivity index (χ1v) is 13.9. The minimum Gasteiger partial charge on any atom is -0.379 e. The molecule has 7 atom stereocenters. The molecule has 2 aliphatic carbocycles. The summed E-state index contributed by atoms with van der Waals surface area (Å²) < 4.78 is 11.4. The molecule has 3 saturated heterocycles. The van der Waals surface area contributed by atoms with Gasteiger partial charge in [0.15, 0.2) is 0 Å². The predicted molar refractivity (Wildman–Crippen MR) is 138 cm³/mol. The summed E-state index contributed by atoms with van der Waals surface area (Å²) in [5, 5.41) is 10.2. The van der Waals surface area contributed by atoms with Gasteiger partial charge in [-0.1, -0.05) is 24.1 Å². The number of amides is 1. The van der Waals surface area contributed by atoms with Gasteiger partial charge >= 0.3 is 0 Å². The number of rotatable bonds is 5. The predicted octanol–water partition coefficient (Wildman–Crippen LogP) is 3.69. The van der Waals surface area contributed by atoms with Crippen LogP contribution in [0.4, 0.5) is 5.69 Å². The van der Waals surface area contributed by atoms with E-state index in [1.165, 1.54) is 6.42 Å². The molecule has 0 radical (unpaired) electrons. The normalized spacial score (nSPS) is 37.5. The molecule has 1 aromatic rings. The Morgan fingerprint density at radius 2 is 2.14 bits per heavy atom. The van der Waals surface area contributed by atoms with Crippen LogP contribution in [0.25, 0.3) is 0 Å². The first kappa shape index (κ1) is 24.5. The molecule has 6 rings (SSSR count). The highest BCUT2D eigenvalue weighted by atomic mass is 35.5. The van der Waals surface area contributed by atoms with Gasteiger partial charge in [0, 0.05) is 44.9 Å². The van der Waals surface area contributed by atoms with Crippen LogP contribution < -0.4 is 4.90 Å². The molecule has 0 spiro atoms. The number of carbonyl (C=O) groups excluding carboxylic acids is 1. The third-order valence-electron chi connectivity index (χ3n) is 10.1. The molecule has 5 aliphatic rings. The van der Waals surface area contributed by atoms with E-state index < -0.39 is 0 Å². The molecule has 5 fully saturated rings. The molecule has 8 heteroatoms. The summed E-state index contributed by atoms with van der Waals surface area (Å²) in [5.41, 5.74) is 1.24. The number of methoxy groups -OCH3 is 1. The second kappa shape index (κ2) is 9.47. The second-order valence-electron chi connectivity index (χ2n) is 11.6. The van der Waals surface area contributed by atoms with E-state index in [4.69, 9.17) is 21.1 Å². The van der Waals surface area contributed by atoms with Crippen molar-refractivity contribution in [1.82, 2.24) is 9.80 Å². The Kier molecular flexibility index (Phi) is 6.44. The first-order chi connectivity index (χ1) is 17.5. The van der Waals surface area contributed by atoms with Crippen LogP contribution in [0.15, 0.2) is 18.2 Å². The van der Waals surface area contributed by atoms with Gasteiger partial charge in [0.25, 0.3) is 0 Å². The number of likely N-dealkylation sites (N-methyl/N-ethyl adjacent to an activating group) is 1. The molecule has 0 N–H and O–H groups in total. The van der Waals surface area contributed by atoms with E-state index >= 15 is 0 Å². The van der Waals surface area contributed by atoms with Crippen LogP contribution in [0.1, 0.15) is 50.5 Å². The number of fused-ring (bicyclic) bond motifs is 3. The zero-order chi connectivity index (χ0) is 25.0. The number of piperazine rings is 1. The van der Waals surface area contributed by atoms with Crippen LogP contribution in [0.2, 0.25) is 5.02 Å². The molecule has 7 nitrogen and oxygen atoms in total. The monoisotopic (exact) mass is 512 g/mol. The fraction of sp³-hybridized carbons (Fsp3) is 0.714. The number of halogens is 1. The Morgan fingerprint density at radius 1 is 1.28 bits per heavy atom. The summed E-state index contributed by atoms with van der Waals surface area (Å²) in [7, 11) is 4.02. The van der Waals surface area contributed by atoms with Gasteiger partial charge in [-0.05, 0) is 63.6 Å². The summed E-state index contributed by atoms with van der Waals surface area (Å²) in [5.74, 6) is 0.876. The SMILES string of the molecule is CO[C@@H]1COCC[C@@H]1N(C)[C@@H]1C[C@H]2CCC[C@@]2(C(=O)N2C[C@H]3C[C@H]2CN3c2cccc(Cl)c2C#N)C1. The number of anilines is 1. The number of benzene rings is 1. The Balaban J connectivity index is 1.18. The van der Waals surface area contributed by atoms with Gasteiger partial charge in [0.1, 0.15) is 6.07 Å². The highest BCUT2D eigenvalue weighted by molar-refractivity contribution is 6.32. The number of ether oxygens (including phenoxy) is 2. The molecule has 2 bridgehead atoms. The van der Waals surface area contributed by atoms with Crippen LogP contribution in [0.5, 0.6) is 0 Å². The van der Waals surface area contributed by atoms with Crippen LogP contribution in [0, 0.1) is 22.7 Å². The Morgan fingerprint density at radius 3 is 2.89 bits per heavy atom. The third kappa shape index (κ3) is 3.75. The topological polar surface area (TPSA) is 69.0 Å². The van der Waals surface area contributed by atoms with E-state index in [1.807, 2.05) is 12.1 Å². The zero-order valence-corrected chi connectivity index (χ0v) is 22.1. The van der Waals surface area contributed by atoms with Crippen molar-refractivity contribution in [1.29, 1.82) is 5.26 Å². The highest BCUT2D eigenvalue weighted by Gasteiger charge is 2.59. The largest absolute Gasteiger partial charge is 0.379 e. The average Bonchev–Trinajstić information content (AvgIpc) is 3.67. The molecule has 3 aliphatic heterocycles. The van der Waals surface area contributed by atoms with Crippen molar-refractivity contribution >= 4 is 23.2 Å². The fourth-order valence-electron chi connectivity index (χ4n) is 8.29. The third-order valence-corrected chi connectivity index (χ3v) is 10.4. The van der Waals surface area contributed by atoms with Gasteiger partial charge in [-0.2, -0.15) is 5.26 Å². The van der Waals surface area contributed by atoms with Gasteiger partial charge in [0.2, 0.25) is 5.91 Å². The Bertz CT molecular complexity index is 1060. The lowest BCUT2D eigenvalue weighted by Gasteiger charge is -2.42. The van der Waals surface area contributed by atoms with E-state index in [2.05, 4.69) is 27.8 Å². The summed E-state index contributed by atoms with van der Waals surface area (Å²) in [4.78, 5) is 21.3. The van der Waals surface area contributed by atoms with E-state index in [0.29, 0.717) is 41.1 Å². The number of hydrogen-bond acceptors (Lipinski definition) is 6. The maximum atomic E-state index is 14.3. The van der Waals surface area contributed by atoms with Crippen molar-refractivity contribution in [3.8, 4) is 6.07 Å². The van der Waals surface area contributed by atoms with Gasteiger partial charge in [-0.15, -0.1) is 0 Å². The maximum absolute atomic E-state index is 14.3. The van der Waals surface area contributed by atoms with Gasteiger partial charge in [-0.3, -0.25) is 9.69 Å². The molecule has 0 unspecified atom stereocenters. The van der Waals surface area contributed by atoms with Gasteiger partial charge in [0.05, 0.1) is 40.4 Å². The molecule has 1 amide bonds. The summed E-state index contributed by atoms with van der Waals surface area (Å²) in [6.45, 7) is 2.97. The second-order valence-corrected chi connectivity index (χ2v) is 12.0. The first-order valence-electron chi connectivity index (χ1n) is 13.6. The molecule has 0 aromatic heterocycles. The lowest BCUT2D eigenvalue weighted by Crippen LogP contribution is -2.54.